The summed E-state index contributed by atoms with van der Waals surface area (Å²) in [6.45, 7) is 3.20. The number of alkyl halides is 2. The summed E-state index contributed by atoms with van der Waals surface area (Å²) in [5.41, 5.74) is 0.179. The van der Waals surface area contributed by atoms with E-state index in [1.54, 1.807) is 13.8 Å². The number of nitro groups is 1. The average Bonchev–Trinajstić information content (AvgIpc) is 2.55. The van der Waals surface area contributed by atoms with E-state index in [4.69, 9.17) is 0 Å². The monoisotopic (exact) mass is 494 g/mol. The molecule has 0 aromatic heterocycles. The van der Waals surface area contributed by atoms with Crippen molar-refractivity contribution in [2.75, 3.05) is 0 Å². The third-order valence-corrected chi connectivity index (χ3v) is 7.38. The number of nitro benzene ring substituents is 1. The van der Waals surface area contributed by atoms with E-state index in [0.29, 0.717) is 5.57 Å². The fourth-order valence-corrected chi connectivity index (χ4v) is 3.85. The second-order valence-electron chi connectivity index (χ2n) is 5.39. The third-order valence-electron chi connectivity index (χ3n) is 3.46. The van der Waals surface area contributed by atoms with Crippen LogP contribution in [0.2, 0.25) is 0 Å². The number of nitrogens with zero attached hydrogens (tertiary/aromatic N) is 2. The lowest BCUT2D eigenvalue weighted by molar-refractivity contribution is -0.385. The third kappa shape index (κ3) is 3.98. The van der Waals surface area contributed by atoms with Crippen LogP contribution in [0.1, 0.15) is 13.8 Å². The first-order valence-corrected chi connectivity index (χ1v) is 9.90. The van der Waals surface area contributed by atoms with Crippen LogP contribution in [0.3, 0.4) is 0 Å². The predicted octanol–water partition coefficient (Wildman–Crippen LogP) is 3.10. The Morgan fingerprint density at radius 1 is 1.40 bits per heavy atom. The number of carbonyl (C=O) groups is 1. The molecule has 0 fully saturated rings. The van der Waals surface area contributed by atoms with E-state index < -0.39 is 29.1 Å². The molecule has 0 saturated heterocycles. The highest BCUT2D eigenvalue weighted by Crippen LogP contribution is 2.36. The second kappa shape index (κ2) is 6.96. The summed E-state index contributed by atoms with van der Waals surface area (Å²) < 4.78 is 28.1. The predicted molar refractivity (Wildman–Crippen MR) is 97.6 cm³/mol. The summed E-state index contributed by atoms with van der Waals surface area (Å²) in [7, 11) is -4.35. The Bertz CT molecular complexity index is 908. The molecule has 11 heteroatoms. The van der Waals surface area contributed by atoms with Crippen LogP contribution >= 0.6 is 31.9 Å². The highest BCUT2D eigenvalue weighted by atomic mass is 79.9. The molecule has 0 aliphatic heterocycles. The number of rotatable bonds is 4. The van der Waals surface area contributed by atoms with Crippen LogP contribution in [0.5, 0.6) is 0 Å². The number of ketones is 1. The molecule has 0 spiro atoms. The standard InChI is InChI=1S/C14H12Br2N2O6S/c1-8-6-11(12(15)14(2,16)13(8)19)17-24-25(22,23)10-5-3-4-9(7-10)18(20)21/h3-7,12H,1-2H3. The lowest BCUT2D eigenvalue weighted by Gasteiger charge is -2.30. The Morgan fingerprint density at radius 2 is 2.04 bits per heavy atom. The van der Waals surface area contributed by atoms with Crippen LogP contribution in [0.4, 0.5) is 5.69 Å². The molecule has 0 heterocycles. The van der Waals surface area contributed by atoms with Crippen LogP contribution in [0, 0.1) is 10.1 Å². The van der Waals surface area contributed by atoms with Gasteiger partial charge in [-0.2, -0.15) is 8.42 Å². The van der Waals surface area contributed by atoms with Crippen LogP contribution in [-0.4, -0.2) is 34.0 Å². The van der Waals surface area contributed by atoms with Crippen molar-refractivity contribution in [2.45, 2.75) is 27.9 Å². The highest BCUT2D eigenvalue weighted by Gasteiger charge is 2.44. The zero-order chi connectivity index (χ0) is 19.0. The summed E-state index contributed by atoms with van der Waals surface area (Å²) in [5, 5.41) is 14.4. The molecule has 1 aliphatic rings. The zero-order valence-electron chi connectivity index (χ0n) is 13.0. The van der Waals surface area contributed by atoms with Gasteiger partial charge in [0, 0.05) is 12.1 Å². The van der Waals surface area contributed by atoms with E-state index in [0.717, 1.165) is 18.2 Å². The van der Waals surface area contributed by atoms with Crippen molar-refractivity contribution in [3.8, 4) is 0 Å². The molecule has 2 atom stereocenters. The number of benzene rings is 1. The van der Waals surface area contributed by atoms with Crippen molar-refractivity contribution in [1.29, 1.82) is 0 Å². The van der Waals surface area contributed by atoms with E-state index in [9.17, 15) is 23.3 Å². The van der Waals surface area contributed by atoms with Gasteiger partial charge in [0.25, 0.3) is 5.69 Å². The minimum Gasteiger partial charge on any atom is -0.293 e. The van der Waals surface area contributed by atoms with Crippen LogP contribution in [-0.2, 0) is 19.2 Å². The van der Waals surface area contributed by atoms with Crippen molar-refractivity contribution in [3.63, 3.8) is 0 Å². The number of oxime groups is 1. The lowest BCUT2D eigenvalue weighted by Crippen LogP contribution is -2.45. The first kappa shape index (κ1) is 19.7. The molecule has 25 heavy (non-hydrogen) atoms. The fraction of sp³-hybridized carbons (Fsp3) is 0.286. The van der Waals surface area contributed by atoms with Crippen LogP contribution in [0.15, 0.2) is 46.0 Å². The van der Waals surface area contributed by atoms with Crippen LogP contribution in [0.25, 0.3) is 0 Å². The molecule has 0 N–H and O–H groups in total. The number of Topliss-reactive ketones (excluding diaryl/α,β-unsaturated/α-hetero) is 1. The first-order chi connectivity index (χ1) is 11.5. The number of halogens is 2. The minimum atomic E-state index is -4.35. The number of hydrogen-bond acceptors (Lipinski definition) is 7. The number of carbonyl (C=O) groups excluding carboxylic acids is 1. The molecule has 8 nitrogen and oxygen atoms in total. The number of hydrogen-bond donors (Lipinski definition) is 0. The van der Waals surface area contributed by atoms with Gasteiger partial charge >= 0.3 is 10.1 Å². The van der Waals surface area contributed by atoms with Crippen molar-refractivity contribution in [2.24, 2.45) is 5.16 Å². The summed E-state index contributed by atoms with van der Waals surface area (Å²) in [5.74, 6) is -0.171. The molecule has 1 aliphatic carbocycles. The van der Waals surface area contributed by atoms with E-state index in [1.807, 2.05) is 0 Å². The maximum atomic E-state index is 12.2. The van der Waals surface area contributed by atoms with Gasteiger partial charge in [0.1, 0.15) is 9.22 Å². The van der Waals surface area contributed by atoms with Gasteiger partial charge in [-0.3, -0.25) is 19.2 Å². The first-order valence-electron chi connectivity index (χ1n) is 6.79. The van der Waals surface area contributed by atoms with Crippen molar-refractivity contribution >= 4 is 59.2 Å². The Hall–Kier alpha value is -1.59. The van der Waals surface area contributed by atoms with Gasteiger partial charge in [-0.25, -0.2) is 0 Å². The summed E-state index contributed by atoms with van der Waals surface area (Å²) in [4.78, 5) is 21.1. The minimum absolute atomic E-state index is 0.171. The Labute approximate surface area is 160 Å². The molecule has 2 rings (SSSR count). The Kier molecular flexibility index (Phi) is 5.50. The van der Waals surface area contributed by atoms with Crippen LogP contribution < -0.4 is 0 Å². The number of allylic oxidation sites excluding steroid dienone is 2. The van der Waals surface area contributed by atoms with Gasteiger partial charge in [-0.15, -0.1) is 0 Å². The normalized spacial score (nSPS) is 25.6. The zero-order valence-corrected chi connectivity index (χ0v) is 17.0. The van der Waals surface area contributed by atoms with E-state index in [1.165, 1.54) is 12.1 Å². The second-order valence-corrected chi connectivity index (χ2v) is 9.49. The van der Waals surface area contributed by atoms with Gasteiger partial charge in [0.05, 0.1) is 15.5 Å². The molecular formula is C14H12Br2N2O6S. The van der Waals surface area contributed by atoms with Crippen molar-refractivity contribution in [1.82, 2.24) is 0 Å². The maximum Gasteiger partial charge on any atom is 0.358 e. The molecule has 134 valence electrons. The van der Waals surface area contributed by atoms with Gasteiger partial charge in [-0.05, 0) is 31.6 Å². The van der Waals surface area contributed by atoms with Gasteiger partial charge in [0.2, 0.25) is 0 Å². The molecule has 0 amide bonds. The smallest absolute Gasteiger partial charge is 0.293 e. The van der Waals surface area contributed by atoms with E-state index in [2.05, 4.69) is 41.3 Å². The van der Waals surface area contributed by atoms with Gasteiger partial charge < -0.3 is 0 Å². The molecule has 1 aromatic carbocycles. The summed E-state index contributed by atoms with van der Waals surface area (Å²) in [6.07, 6.45) is 1.41. The largest absolute Gasteiger partial charge is 0.358 e. The number of non-ortho nitro benzene ring substituents is 1. The van der Waals surface area contributed by atoms with Gasteiger partial charge in [-0.1, -0.05) is 43.1 Å². The molecular weight excluding hydrogens is 484 g/mol. The highest BCUT2D eigenvalue weighted by molar-refractivity contribution is 9.13. The topological polar surface area (TPSA) is 116 Å². The van der Waals surface area contributed by atoms with E-state index >= 15 is 0 Å². The lowest BCUT2D eigenvalue weighted by atomic mass is 9.88. The quantitative estimate of drug-likeness (QED) is 0.360. The maximum absolute atomic E-state index is 12.2. The summed E-state index contributed by atoms with van der Waals surface area (Å²) in [6, 6.07) is 4.43. The molecule has 0 radical (unpaired) electrons. The summed E-state index contributed by atoms with van der Waals surface area (Å²) >= 11 is 6.59. The van der Waals surface area contributed by atoms with E-state index in [-0.39, 0.29) is 17.2 Å². The Balaban J connectivity index is 2.36. The average molecular weight is 496 g/mol. The molecule has 0 bridgehead atoms. The fourth-order valence-electron chi connectivity index (χ4n) is 2.10. The van der Waals surface area contributed by atoms with Crippen molar-refractivity contribution in [3.05, 3.63) is 46.0 Å². The SMILES string of the molecule is CC1=CC(=NOS(=O)(=O)c2cccc([N+](=O)[O-])c2)C(Br)C(C)(Br)C1=O. The van der Waals surface area contributed by atoms with Gasteiger partial charge in [0.15, 0.2) is 5.78 Å². The molecule has 1 aromatic rings. The Morgan fingerprint density at radius 3 is 2.64 bits per heavy atom. The molecule has 0 saturated carbocycles. The molecule has 2 unspecified atom stereocenters. The van der Waals surface area contributed by atoms with Crippen molar-refractivity contribution < 1.29 is 22.4 Å².